The van der Waals surface area contributed by atoms with E-state index in [4.69, 9.17) is 5.11 Å². The van der Waals surface area contributed by atoms with Crippen molar-refractivity contribution in [1.82, 2.24) is 0 Å². The van der Waals surface area contributed by atoms with Gasteiger partial charge >= 0.3 is 5.97 Å². The summed E-state index contributed by atoms with van der Waals surface area (Å²) in [7, 11) is 0. The van der Waals surface area contributed by atoms with Crippen molar-refractivity contribution >= 4 is 17.6 Å². The van der Waals surface area contributed by atoms with E-state index in [1.165, 1.54) is 24.3 Å². The zero-order valence-corrected chi connectivity index (χ0v) is 10.1. The van der Waals surface area contributed by atoms with Crippen LogP contribution < -0.4 is 5.32 Å². The van der Waals surface area contributed by atoms with Crippen LogP contribution in [0.4, 0.5) is 14.5 Å². The van der Waals surface area contributed by atoms with Crippen molar-refractivity contribution in [3.05, 3.63) is 65.2 Å². The number of halogens is 2. The predicted octanol–water partition coefficient (Wildman–Crippen LogP) is 2.92. The number of anilines is 1. The number of rotatable bonds is 3. The highest BCUT2D eigenvalue weighted by Gasteiger charge is 2.19. The minimum Gasteiger partial charge on any atom is -0.478 e. The van der Waals surface area contributed by atoms with E-state index >= 15 is 0 Å². The highest BCUT2D eigenvalue weighted by atomic mass is 19.1. The minimum absolute atomic E-state index is 0.0346. The van der Waals surface area contributed by atoms with Crippen molar-refractivity contribution in [3.63, 3.8) is 0 Å². The Morgan fingerprint density at radius 2 is 1.55 bits per heavy atom. The molecule has 0 bridgehead atoms. The van der Waals surface area contributed by atoms with Gasteiger partial charge in [-0.1, -0.05) is 18.2 Å². The van der Waals surface area contributed by atoms with Crippen LogP contribution in [0.15, 0.2) is 42.5 Å². The normalized spacial score (nSPS) is 10.1. The van der Waals surface area contributed by atoms with E-state index in [0.717, 1.165) is 18.2 Å². The molecule has 6 heteroatoms. The molecule has 2 N–H and O–H groups in total. The average molecular weight is 277 g/mol. The van der Waals surface area contributed by atoms with Crippen LogP contribution in [0.25, 0.3) is 0 Å². The number of carbonyl (C=O) groups excluding carboxylic acids is 1. The molecule has 0 fully saturated rings. The van der Waals surface area contributed by atoms with Gasteiger partial charge in [-0.15, -0.1) is 0 Å². The van der Waals surface area contributed by atoms with Gasteiger partial charge in [-0.3, -0.25) is 4.79 Å². The van der Waals surface area contributed by atoms with E-state index in [2.05, 4.69) is 5.32 Å². The van der Waals surface area contributed by atoms with E-state index in [0.29, 0.717) is 0 Å². The molecular weight excluding hydrogens is 268 g/mol. The topological polar surface area (TPSA) is 66.4 Å². The molecule has 0 aliphatic heterocycles. The standard InChI is InChI=1S/C14H9F2NO3/c15-9-5-3-6-10(16)12(9)13(18)17-11-7-2-1-4-8(11)14(19)20/h1-7H,(H,17,18)(H,19,20). The average Bonchev–Trinajstić information content (AvgIpc) is 2.38. The van der Waals surface area contributed by atoms with E-state index in [9.17, 15) is 18.4 Å². The van der Waals surface area contributed by atoms with Gasteiger partial charge in [0.05, 0.1) is 11.3 Å². The molecule has 0 aliphatic carbocycles. The fourth-order valence-corrected chi connectivity index (χ4v) is 1.68. The number of carboxylic acid groups (broad SMARTS) is 1. The van der Waals surface area contributed by atoms with Gasteiger partial charge in [0.1, 0.15) is 17.2 Å². The van der Waals surface area contributed by atoms with E-state index in [-0.39, 0.29) is 11.3 Å². The quantitative estimate of drug-likeness (QED) is 0.906. The van der Waals surface area contributed by atoms with Gasteiger partial charge in [0, 0.05) is 0 Å². The smallest absolute Gasteiger partial charge is 0.337 e. The third-order valence-corrected chi connectivity index (χ3v) is 2.60. The molecule has 2 rings (SSSR count). The Hall–Kier alpha value is -2.76. The van der Waals surface area contributed by atoms with E-state index in [1.54, 1.807) is 0 Å². The van der Waals surface area contributed by atoms with Crippen LogP contribution in [0, 0.1) is 11.6 Å². The number of benzene rings is 2. The number of hydrogen-bond donors (Lipinski definition) is 2. The lowest BCUT2D eigenvalue weighted by atomic mass is 10.1. The zero-order chi connectivity index (χ0) is 14.7. The molecular formula is C14H9F2NO3. The predicted molar refractivity (Wildman–Crippen MR) is 67.7 cm³/mol. The first-order valence-corrected chi connectivity index (χ1v) is 5.58. The van der Waals surface area contributed by atoms with Gasteiger partial charge < -0.3 is 10.4 Å². The van der Waals surface area contributed by atoms with Crippen LogP contribution in [0.2, 0.25) is 0 Å². The Labute approximate surface area is 112 Å². The molecule has 0 saturated heterocycles. The maximum absolute atomic E-state index is 13.4. The number of carbonyl (C=O) groups is 2. The summed E-state index contributed by atoms with van der Waals surface area (Å²) in [6.07, 6.45) is 0. The highest BCUT2D eigenvalue weighted by molar-refractivity contribution is 6.07. The van der Waals surface area contributed by atoms with Gasteiger partial charge in [-0.2, -0.15) is 0 Å². The number of carboxylic acids is 1. The lowest BCUT2D eigenvalue weighted by Gasteiger charge is -2.09. The molecule has 0 aromatic heterocycles. The summed E-state index contributed by atoms with van der Waals surface area (Å²) >= 11 is 0. The Bertz CT molecular complexity index is 666. The molecule has 2 aromatic carbocycles. The van der Waals surface area contributed by atoms with E-state index < -0.39 is 29.1 Å². The Morgan fingerprint density at radius 3 is 2.15 bits per heavy atom. The van der Waals surface area contributed by atoms with Crippen LogP contribution in [-0.4, -0.2) is 17.0 Å². The van der Waals surface area contributed by atoms with Gasteiger partial charge in [-0.25, -0.2) is 13.6 Å². The molecule has 1 amide bonds. The van der Waals surface area contributed by atoms with Gasteiger partial charge in [0.2, 0.25) is 0 Å². The molecule has 0 unspecified atom stereocenters. The molecule has 4 nitrogen and oxygen atoms in total. The third-order valence-electron chi connectivity index (χ3n) is 2.60. The summed E-state index contributed by atoms with van der Waals surface area (Å²) in [5.74, 6) is -4.34. The second-order valence-electron chi connectivity index (χ2n) is 3.90. The highest BCUT2D eigenvalue weighted by Crippen LogP contribution is 2.18. The van der Waals surface area contributed by atoms with Gasteiger partial charge in [-0.05, 0) is 24.3 Å². The number of aromatic carboxylic acids is 1. The maximum Gasteiger partial charge on any atom is 0.337 e. The fraction of sp³-hybridized carbons (Fsp3) is 0. The Kier molecular flexibility index (Phi) is 3.74. The summed E-state index contributed by atoms with van der Waals surface area (Å²) in [5.41, 5.74) is -0.960. The number of nitrogens with one attached hydrogen (secondary N) is 1. The summed E-state index contributed by atoms with van der Waals surface area (Å²) in [5, 5.41) is 11.1. The second-order valence-corrected chi connectivity index (χ2v) is 3.90. The van der Waals surface area contributed by atoms with Gasteiger partial charge in [0.25, 0.3) is 5.91 Å². The summed E-state index contributed by atoms with van der Waals surface area (Å²) < 4.78 is 26.9. The fourth-order valence-electron chi connectivity index (χ4n) is 1.68. The van der Waals surface area contributed by atoms with Crippen molar-refractivity contribution in [3.8, 4) is 0 Å². The first kappa shape index (κ1) is 13.7. The molecule has 0 aliphatic rings. The monoisotopic (exact) mass is 277 g/mol. The van der Waals surface area contributed by atoms with Crippen LogP contribution in [-0.2, 0) is 0 Å². The summed E-state index contributed by atoms with van der Waals surface area (Å²) in [4.78, 5) is 22.8. The minimum atomic E-state index is -1.25. The van der Waals surface area contributed by atoms with Crippen molar-refractivity contribution in [2.75, 3.05) is 5.32 Å². The van der Waals surface area contributed by atoms with Crippen molar-refractivity contribution < 1.29 is 23.5 Å². The van der Waals surface area contributed by atoms with Crippen LogP contribution in [0.5, 0.6) is 0 Å². The number of amides is 1. The van der Waals surface area contributed by atoms with Crippen molar-refractivity contribution in [1.29, 1.82) is 0 Å². The van der Waals surface area contributed by atoms with E-state index in [1.807, 2.05) is 0 Å². The molecule has 0 heterocycles. The summed E-state index contributed by atoms with van der Waals surface area (Å²) in [6, 6.07) is 8.60. The third kappa shape index (κ3) is 2.64. The van der Waals surface area contributed by atoms with Crippen LogP contribution in [0.3, 0.4) is 0 Å². The Morgan fingerprint density at radius 1 is 0.950 bits per heavy atom. The lowest BCUT2D eigenvalue weighted by molar-refractivity contribution is 0.0698. The summed E-state index contributed by atoms with van der Waals surface area (Å²) in [6.45, 7) is 0. The largest absolute Gasteiger partial charge is 0.478 e. The zero-order valence-electron chi connectivity index (χ0n) is 10.1. The second kappa shape index (κ2) is 5.48. The molecule has 0 atom stereocenters. The lowest BCUT2D eigenvalue weighted by Crippen LogP contribution is -2.17. The van der Waals surface area contributed by atoms with Crippen molar-refractivity contribution in [2.24, 2.45) is 0 Å². The molecule has 0 spiro atoms. The Balaban J connectivity index is 2.36. The SMILES string of the molecule is O=C(O)c1ccccc1NC(=O)c1c(F)cccc1F. The number of hydrogen-bond acceptors (Lipinski definition) is 2. The first-order chi connectivity index (χ1) is 9.50. The number of para-hydroxylation sites is 1. The van der Waals surface area contributed by atoms with Crippen molar-refractivity contribution in [2.45, 2.75) is 0 Å². The van der Waals surface area contributed by atoms with Crippen LogP contribution >= 0.6 is 0 Å². The maximum atomic E-state index is 13.4. The molecule has 102 valence electrons. The van der Waals surface area contributed by atoms with Gasteiger partial charge in [0.15, 0.2) is 0 Å². The molecule has 0 radical (unpaired) electrons. The molecule has 0 saturated carbocycles. The molecule has 2 aromatic rings. The first-order valence-electron chi connectivity index (χ1n) is 5.58. The van der Waals surface area contributed by atoms with Crippen LogP contribution in [0.1, 0.15) is 20.7 Å². The molecule has 20 heavy (non-hydrogen) atoms.